The molecule has 0 aliphatic carbocycles. The van der Waals surface area contributed by atoms with Gasteiger partial charge in [-0.1, -0.05) is 0 Å². The van der Waals surface area contributed by atoms with E-state index in [0.29, 0.717) is 12.6 Å². The minimum atomic E-state index is -0.883. The van der Waals surface area contributed by atoms with Crippen LogP contribution < -0.4 is 5.32 Å². The van der Waals surface area contributed by atoms with Gasteiger partial charge in [0, 0.05) is 36.8 Å². The second-order valence-corrected chi connectivity index (χ2v) is 5.08. The molecule has 7 heteroatoms. The van der Waals surface area contributed by atoms with E-state index in [1.54, 1.807) is 23.3 Å². The number of nitrogens with zero attached hydrogens (tertiary/aromatic N) is 3. The summed E-state index contributed by atoms with van der Waals surface area (Å²) in [6.07, 6.45) is 5.16. The molecule has 1 aromatic carbocycles. The summed E-state index contributed by atoms with van der Waals surface area (Å²) in [7, 11) is 0. The minimum Gasteiger partial charge on any atom is -0.350 e. The van der Waals surface area contributed by atoms with Crippen LogP contribution in [-0.4, -0.2) is 27.2 Å². The topological polar surface area (TPSA) is 59.8 Å². The van der Waals surface area contributed by atoms with Gasteiger partial charge in [0.2, 0.25) is 0 Å². The number of pyridine rings is 1. The number of halogens is 2. The van der Waals surface area contributed by atoms with Crippen LogP contribution in [0.5, 0.6) is 0 Å². The second-order valence-electron chi connectivity index (χ2n) is 5.08. The first-order chi connectivity index (χ1) is 11.6. The van der Waals surface area contributed by atoms with E-state index in [2.05, 4.69) is 15.4 Å². The lowest BCUT2D eigenvalue weighted by Crippen LogP contribution is -2.28. The highest BCUT2D eigenvalue weighted by Crippen LogP contribution is 2.14. The number of hydrogen-bond donors (Lipinski definition) is 1. The Hall–Kier alpha value is -3.09. The summed E-state index contributed by atoms with van der Waals surface area (Å²) in [6, 6.07) is 8.42. The number of rotatable bonds is 5. The largest absolute Gasteiger partial charge is 0.350 e. The van der Waals surface area contributed by atoms with Gasteiger partial charge in [-0.15, -0.1) is 0 Å². The molecule has 0 unspecified atom stereocenters. The van der Waals surface area contributed by atoms with Crippen molar-refractivity contribution < 1.29 is 13.6 Å². The van der Waals surface area contributed by atoms with E-state index >= 15 is 0 Å². The summed E-state index contributed by atoms with van der Waals surface area (Å²) >= 11 is 0. The van der Waals surface area contributed by atoms with Crippen molar-refractivity contribution in [3.05, 3.63) is 72.2 Å². The van der Waals surface area contributed by atoms with Gasteiger partial charge in [0.25, 0.3) is 5.91 Å². The predicted molar refractivity (Wildman–Crippen MR) is 84.1 cm³/mol. The van der Waals surface area contributed by atoms with Crippen molar-refractivity contribution in [3.8, 4) is 11.3 Å². The molecule has 0 aliphatic rings. The van der Waals surface area contributed by atoms with Crippen LogP contribution in [0.1, 0.15) is 10.4 Å². The number of hydrogen-bond acceptors (Lipinski definition) is 3. The molecule has 3 rings (SSSR count). The molecule has 1 amide bonds. The average Bonchev–Trinajstić information content (AvgIpc) is 3.04. The monoisotopic (exact) mass is 328 g/mol. The lowest BCUT2D eigenvalue weighted by atomic mass is 10.2. The van der Waals surface area contributed by atoms with Crippen LogP contribution in [0.3, 0.4) is 0 Å². The van der Waals surface area contributed by atoms with E-state index in [9.17, 15) is 13.6 Å². The van der Waals surface area contributed by atoms with Crippen LogP contribution in [0.2, 0.25) is 0 Å². The molecule has 0 saturated heterocycles. The molecule has 0 spiro atoms. The van der Waals surface area contributed by atoms with Crippen LogP contribution >= 0.6 is 0 Å². The molecule has 2 heterocycles. The van der Waals surface area contributed by atoms with Gasteiger partial charge in [-0.2, -0.15) is 5.10 Å². The maximum atomic E-state index is 13.5. The molecule has 0 saturated carbocycles. The van der Waals surface area contributed by atoms with Gasteiger partial charge < -0.3 is 5.32 Å². The molecular formula is C17H14F2N4O. The van der Waals surface area contributed by atoms with E-state index in [4.69, 9.17) is 0 Å². The fourth-order valence-corrected chi connectivity index (χ4v) is 2.22. The van der Waals surface area contributed by atoms with Crippen LogP contribution in [0, 0.1) is 11.6 Å². The Labute approximate surface area is 137 Å². The number of amides is 1. The van der Waals surface area contributed by atoms with Crippen LogP contribution in [-0.2, 0) is 6.54 Å². The van der Waals surface area contributed by atoms with E-state index in [1.807, 2.05) is 18.2 Å². The number of aromatic nitrogens is 3. The third-order valence-corrected chi connectivity index (χ3v) is 3.42. The smallest absolute Gasteiger partial charge is 0.254 e. The van der Waals surface area contributed by atoms with Gasteiger partial charge in [0.05, 0.1) is 17.8 Å². The molecule has 2 aromatic heterocycles. The predicted octanol–water partition coefficient (Wildman–Crippen LogP) is 2.65. The first-order valence-electron chi connectivity index (χ1n) is 7.30. The number of carbonyl (C=O) groups excluding carboxylic acids is 1. The van der Waals surface area contributed by atoms with Crippen molar-refractivity contribution in [2.75, 3.05) is 6.54 Å². The van der Waals surface area contributed by atoms with Crippen LogP contribution in [0.15, 0.2) is 55.0 Å². The molecule has 24 heavy (non-hydrogen) atoms. The van der Waals surface area contributed by atoms with E-state index in [1.165, 1.54) is 0 Å². The van der Waals surface area contributed by atoms with Crippen molar-refractivity contribution >= 4 is 5.91 Å². The number of carbonyl (C=O) groups is 1. The molecule has 0 atom stereocenters. The first kappa shape index (κ1) is 15.8. The molecule has 0 bridgehead atoms. The minimum absolute atomic E-state index is 0.186. The summed E-state index contributed by atoms with van der Waals surface area (Å²) in [5, 5.41) is 6.98. The normalized spacial score (nSPS) is 10.6. The third kappa shape index (κ3) is 3.62. The van der Waals surface area contributed by atoms with Gasteiger partial charge in [-0.3, -0.25) is 14.5 Å². The lowest BCUT2D eigenvalue weighted by Gasteiger charge is -2.06. The van der Waals surface area contributed by atoms with Crippen molar-refractivity contribution in [2.24, 2.45) is 0 Å². The summed E-state index contributed by atoms with van der Waals surface area (Å²) in [5.74, 6) is -2.19. The molecular weight excluding hydrogens is 314 g/mol. The standard InChI is InChI=1S/C17H14F2N4O/c18-13-1-2-14(15(19)11-13)17(24)21-8-10-23-9-5-16(22-23)12-3-6-20-7-4-12/h1-7,9,11H,8,10H2,(H,21,24). The lowest BCUT2D eigenvalue weighted by molar-refractivity contribution is 0.0948. The van der Waals surface area contributed by atoms with Crippen LogP contribution in [0.25, 0.3) is 11.3 Å². The Morgan fingerprint density at radius 3 is 2.67 bits per heavy atom. The highest BCUT2D eigenvalue weighted by atomic mass is 19.1. The molecule has 3 aromatic rings. The van der Waals surface area contributed by atoms with E-state index in [0.717, 1.165) is 23.4 Å². The zero-order valence-corrected chi connectivity index (χ0v) is 12.6. The fourth-order valence-electron chi connectivity index (χ4n) is 2.22. The van der Waals surface area contributed by atoms with E-state index < -0.39 is 17.5 Å². The Bertz CT molecular complexity index is 849. The van der Waals surface area contributed by atoms with Gasteiger partial charge in [0.1, 0.15) is 11.6 Å². The van der Waals surface area contributed by atoms with Gasteiger partial charge in [-0.25, -0.2) is 8.78 Å². The molecule has 0 fully saturated rings. The molecule has 5 nitrogen and oxygen atoms in total. The zero-order chi connectivity index (χ0) is 16.9. The highest BCUT2D eigenvalue weighted by molar-refractivity contribution is 5.94. The van der Waals surface area contributed by atoms with Crippen molar-refractivity contribution in [1.82, 2.24) is 20.1 Å². The zero-order valence-electron chi connectivity index (χ0n) is 12.6. The number of nitrogens with one attached hydrogen (secondary N) is 1. The summed E-state index contributed by atoms with van der Waals surface area (Å²) in [4.78, 5) is 15.8. The fraction of sp³-hybridized carbons (Fsp3) is 0.118. The second kappa shape index (κ2) is 6.99. The SMILES string of the molecule is O=C(NCCn1ccc(-c2ccncc2)n1)c1ccc(F)cc1F. The molecule has 122 valence electrons. The Morgan fingerprint density at radius 1 is 1.12 bits per heavy atom. The van der Waals surface area contributed by atoms with Gasteiger partial charge >= 0.3 is 0 Å². The molecule has 0 aliphatic heterocycles. The molecule has 1 N–H and O–H groups in total. The average molecular weight is 328 g/mol. The maximum absolute atomic E-state index is 13.5. The Balaban J connectivity index is 1.57. The number of benzene rings is 1. The van der Waals surface area contributed by atoms with Crippen LogP contribution in [0.4, 0.5) is 8.78 Å². The van der Waals surface area contributed by atoms with Crippen molar-refractivity contribution in [2.45, 2.75) is 6.54 Å². The summed E-state index contributed by atoms with van der Waals surface area (Å²) in [6.45, 7) is 0.701. The van der Waals surface area contributed by atoms with Crippen molar-refractivity contribution in [3.63, 3.8) is 0 Å². The van der Waals surface area contributed by atoms with E-state index in [-0.39, 0.29) is 12.1 Å². The summed E-state index contributed by atoms with van der Waals surface area (Å²) < 4.78 is 28.0. The quantitative estimate of drug-likeness (QED) is 0.783. The van der Waals surface area contributed by atoms with Crippen molar-refractivity contribution in [1.29, 1.82) is 0 Å². The Morgan fingerprint density at radius 2 is 1.92 bits per heavy atom. The highest BCUT2D eigenvalue weighted by Gasteiger charge is 2.12. The maximum Gasteiger partial charge on any atom is 0.254 e. The molecule has 0 radical (unpaired) electrons. The third-order valence-electron chi connectivity index (χ3n) is 3.42. The Kier molecular flexibility index (Phi) is 4.60. The van der Waals surface area contributed by atoms with Gasteiger partial charge in [0.15, 0.2) is 0 Å². The van der Waals surface area contributed by atoms with Gasteiger partial charge in [-0.05, 0) is 30.3 Å². The first-order valence-corrected chi connectivity index (χ1v) is 7.30. The summed E-state index contributed by atoms with van der Waals surface area (Å²) in [5.41, 5.74) is 1.56.